The molecule has 1 aliphatic rings. The molecule has 2 aromatic rings. The molecule has 3 rings (SSSR count). The van der Waals surface area contributed by atoms with Crippen LogP contribution in [0.4, 0.5) is 10.1 Å². The van der Waals surface area contributed by atoms with Crippen molar-refractivity contribution >= 4 is 52.3 Å². The van der Waals surface area contributed by atoms with Crippen molar-refractivity contribution < 1.29 is 14.0 Å². The number of hydrogen-bond donors (Lipinski definition) is 0. The van der Waals surface area contributed by atoms with Crippen LogP contribution in [-0.4, -0.2) is 11.8 Å². The first-order valence-corrected chi connectivity index (χ1v) is 8.26. The molecular formula is C17H11Cl3FNO2. The van der Waals surface area contributed by atoms with Crippen molar-refractivity contribution in [3.05, 3.63) is 62.8 Å². The van der Waals surface area contributed by atoms with E-state index >= 15 is 0 Å². The number of imide groups is 1. The Morgan fingerprint density at radius 1 is 0.917 bits per heavy atom. The van der Waals surface area contributed by atoms with E-state index in [1.807, 2.05) is 0 Å². The normalized spacial score (nSPS) is 15.9. The van der Waals surface area contributed by atoms with E-state index in [-0.39, 0.29) is 41.3 Å². The Morgan fingerprint density at radius 2 is 1.58 bits per heavy atom. The fourth-order valence-corrected chi connectivity index (χ4v) is 3.52. The highest BCUT2D eigenvalue weighted by Crippen LogP contribution is 2.37. The summed E-state index contributed by atoms with van der Waals surface area (Å²) >= 11 is 17.8. The number of rotatable bonds is 2. The third kappa shape index (κ3) is 3.27. The molecule has 2 aromatic carbocycles. The van der Waals surface area contributed by atoms with Gasteiger partial charge in [-0.05, 0) is 35.9 Å². The number of piperidine rings is 1. The SMILES string of the molecule is O=C1CC(c2ccc(Cl)cc2Cl)CC(=O)N1c1ccc(F)c(Cl)c1. The molecular weight excluding hydrogens is 376 g/mol. The van der Waals surface area contributed by atoms with Gasteiger partial charge in [0.2, 0.25) is 11.8 Å². The zero-order valence-corrected chi connectivity index (χ0v) is 14.5. The molecule has 1 saturated heterocycles. The molecule has 0 aliphatic carbocycles. The molecule has 3 nitrogen and oxygen atoms in total. The smallest absolute Gasteiger partial charge is 0.234 e. The maximum Gasteiger partial charge on any atom is 0.234 e. The number of anilines is 1. The number of benzene rings is 2. The second-order valence-corrected chi connectivity index (χ2v) is 6.74. The van der Waals surface area contributed by atoms with Gasteiger partial charge in [0.15, 0.2) is 0 Å². The Hall–Kier alpha value is -1.62. The number of hydrogen-bond acceptors (Lipinski definition) is 2. The lowest BCUT2D eigenvalue weighted by Gasteiger charge is -2.30. The summed E-state index contributed by atoms with van der Waals surface area (Å²) in [6, 6.07) is 8.72. The van der Waals surface area contributed by atoms with E-state index in [4.69, 9.17) is 34.8 Å². The zero-order chi connectivity index (χ0) is 17.4. The van der Waals surface area contributed by atoms with E-state index in [2.05, 4.69) is 0 Å². The minimum atomic E-state index is -0.608. The maximum absolute atomic E-state index is 13.3. The number of carbonyl (C=O) groups is 2. The van der Waals surface area contributed by atoms with Crippen LogP contribution in [0.2, 0.25) is 15.1 Å². The lowest BCUT2D eigenvalue weighted by Crippen LogP contribution is -2.42. The number of amides is 2. The van der Waals surface area contributed by atoms with Gasteiger partial charge in [-0.2, -0.15) is 0 Å². The van der Waals surface area contributed by atoms with Gasteiger partial charge < -0.3 is 0 Å². The Bertz CT molecular complexity index is 823. The van der Waals surface area contributed by atoms with Gasteiger partial charge in [0.1, 0.15) is 5.82 Å². The highest BCUT2D eigenvalue weighted by atomic mass is 35.5. The summed E-state index contributed by atoms with van der Waals surface area (Å²) in [5, 5.41) is 0.766. The monoisotopic (exact) mass is 385 g/mol. The van der Waals surface area contributed by atoms with Crippen molar-refractivity contribution in [3.63, 3.8) is 0 Å². The minimum Gasteiger partial charge on any atom is -0.274 e. The van der Waals surface area contributed by atoms with Gasteiger partial charge in [-0.15, -0.1) is 0 Å². The average Bonchev–Trinajstić information content (AvgIpc) is 2.50. The molecule has 2 amide bonds. The summed E-state index contributed by atoms with van der Waals surface area (Å²) in [6.45, 7) is 0. The van der Waals surface area contributed by atoms with Crippen molar-refractivity contribution in [3.8, 4) is 0 Å². The molecule has 0 aromatic heterocycles. The van der Waals surface area contributed by atoms with Crippen molar-refractivity contribution in [2.75, 3.05) is 4.90 Å². The first-order valence-electron chi connectivity index (χ1n) is 7.12. The van der Waals surface area contributed by atoms with Crippen molar-refractivity contribution in [1.29, 1.82) is 0 Å². The molecule has 0 saturated carbocycles. The molecule has 1 heterocycles. The van der Waals surface area contributed by atoms with Gasteiger partial charge in [-0.1, -0.05) is 40.9 Å². The third-order valence-corrected chi connectivity index (χ3v) is 4.76. The first kappa shape index (κ1) is 17.2. The van der Waals surface area contributed by atoms with Crippen LogP contribution in [0, 0.1) is 5.82 Å². The predicted molar refractivity (Wildman–Crippen MR) is 92.3 cm³/mol. The van der Waals surface area contributed by atoms with Gasteiger partial charge in [0.25, 0.3) is 0 Å². The van der Waals surface area contributed by atoms with Crippen LogP contribution in [0.25, 0.3) is 0 Å². The van der Waals surface area contributed by atoms with Crippen LogP contribution >= 0.6 is 34.8 Å². The largest absolute Gasteiger partial charge is 0.274 e. The molecule has 0 unspecified atom stereocenters. The zero-order valence-electron chi connectivity index (χ0n) is 12.2. The van der Waals surface area contributed by atoms with Crippen LogP contribution in [-0.2, 0) is 9.59 Å². The number of carbonyl (C=O) groups excluding carboxylic acids is 2. The third-order valence-electron chi connectivity index (χ3n) is 3.90. The Balaban J connectivity index is 1.88. The van der Waals surface area contributed by atoms with Crippen LogP contribution < -0.4 is 4.90 Å². The standard InChI is InChI=1S/C17H11Cl3FNO2/c18-10-1-3-12(13(19)7-10)9-5-16(23)22(17(24)6-9)11-2-4-15(21)14(20)8-11/h1-4,7-9H,5-6H2. The molecule has 124 valence electrons. The molecule has 0 bridgehead atoms. The lowest BCUT2D eigenvalue weighted by molar-refractivity contribution is -0.129. The second kappa shape index (κ2) is 6.71. The maximum atomic E-state index is 13.3. The summed E-state index contributed by atoms with van der Waals surface area (Å²) in [4.78, 5) is 26.0. The molecule has 0 N–H and O–H groups in total. The van der Waals surface area contributed by atoms with Crippen LogP contribution in [0.15, 0.2) is 36.4 Å². The quantitative estimate of drug-likeness (QED) is 0.663. The molecule has 24 heavy (non-hydrogen) atoms. The van der Waals surface area contributed by atoms with Gasteiger partial charge in [0, 0.05) is 28.8 Å². The van der Waals surface area contributed by atoms with Gasteiger partial charge in [-0.3, -0.25) is 14.5 Å². The van der Waals surface area contributed by atoms with E-state index in [1.54, 1.807) is 18.2 Å². The molecule has 1 fully saturated rings. The average molecular weight is 387 g/mol. The van der Waals surface area contributed by atoms with Crippen molar-refractivity contribution in [2.24, 2.45) is 0 Å². The van der Waals surface area contributed by atoms with Gasteiger partial charge in [0.05, 0.1) is 10.7 Å². The van der Waals surface area contributed by atoms with Crippen LogP contribution in [0.5, 0.6) is 0 Å². The summed E-state index contributed by atoms with van der Waals surface area (Å²) in [5.74, 6) is -1.69. The van der Waals surface area contributed by atoms with Crippen LogP contribution in [0.3, 0.4) is 0 Å². The molecule has 0 atom stereocenters. The molecule has 0 spiro atoms. The van der Waals surface area contributed by atoms with Gasteiger partial charge in [-0.25, -0.2) is 4.39 Å². The predicted octanol–water partition coefficient (Wildman–Crippen LogP) is 5.22. The summed E-state index contributed by atoms with van der Waals surface area (Å²) < 4.78 is 13.3. The van der Waals surface area contributed by atoms with E-state index < -0.39 is 5.82 Å². The van der Waals surface area contributed by atoms with E-state index in [9.17, 15) is 14.0 Å². The Morgan fingerprint density at radius 3 is 2.17 bits per heavy atom. The fraction of sp³-hybridized carbons (Fsp3) is 0.176. The summed E-state index contributed by atoms with van der Waals surface area (Å²) in [5.41, 5.74) is 0.969. The number of halogens is 4. The Labute approximate surface area is 152 Å². The van der Waals surface area contributed by atoms with E-state index in [0.717, 1.165) is 11.0 Å². The Kier molecular flexibility index (Phi) is 4.81. The van der Waals surface area contributed by atoms with Gasteiger partial charge >= 0.3 is 0 Å². The van der Waals surface area contributed by atoms with E-state index in [0.29, 0.717) is 15.6 Å². The molecule has 7 heteroatoms. The topological polar surface area (TPSA) is 37.4 Å². The highest BCUT2D eigenvalue weighted by Gasteiger charge is 2.35. The molecule has 0 radical (unpaired) electrons. The summed E-state index contributed by atoms with van der Waals surface area (Å²) in [6.07, 6.45) is 0.226. The highest BCUT2D eigenvalue weighted by molar-refractivity contribution is 6.35. The number of nitrogens with zero attached hydrogens (tertiary/aromatic N) is 1. The lowest BCUT2D eigenvalue weighted by atomic mass is 9.88. The van der Waals surface area contributed by atoms with E-state index in [1.165, 1.54) is 12.1 Å². The second-order valence-electron chi connectivity index (χ2n) is 5.49. The van der Waals surface area contributed by atoms with Crippen molar-refractivity contribution in [2.45, 2.75) is 18.8 Å². The van der Waals surface area contributed by atoms with Crippen molar-refractivity contribution in [1.82, 2.24) is 0 Å². The minimum absolute atomic E-state index is 0.113. The first-order chi connectivity index (χ1) is 11.4. The summed E-state index contributed by atoms with van der Waals surface area (Å²) in [7, 11) is 0. The fourth-order valence-electron chi connectivity index (χ4n) is 2.78. The van der Waals surface area contributed by atoms with Crippen LogP contribution in [0.1, 0.15) is 24.3 Å². The molecule has 1 aliphatic heterocycles.